The molecule has 2 rings (SSSR count). The molecule has 0 amide bonds. The van der Waals surface area contributed by atoms with Crippen molar-refractivity contribution in [2.75, 3.05) is 59.2 Å². The number of morpholine rings is 1. The van der Waals surface area contributed by atoms with Crippen LogP contribution < -0.4 is 10.6 Å². The lowest BCUT2D eigenvalue weighted by Gasteiger charge is -2.37. The van der Waals surface area contributed by atoms with Gasteiger partial charge in [0.05, 0.1) is 18.9 Å². The van der Waals surface area contributed by atoms with Gasteiger partial charge in [0.2, 0.25) is 0 Å². The van der Waals surface area contributed by atoms with Crippen LogP contribution in [0.4, 0.5) is 0 Å². The Bertz CT molecular complexity index is 351. The zero-order valence-corrected chi connectivity index (χ0v) is 14.6. The van der Waals surface area contributed by atoms with E-state index in [0.29, 0.717) is 0 Å². The maximum absolute atomic E-state index is 5.40. The largest absolute Gasteiger partial charge is 0.379 e. The minimum atomic E-state index is -0.258. The molecule has 0 bridgehead atoms. The predicted molar refractivity (Wildman–Crippen MR) is 96.4 cm³/mol. The van der Waals surface area contributed by atoms with Gasteiger partial charge in [0, 0.05) is 39.3 Å². The highest BCUT2D eigenvalue weighted by atomic mass is 16.5. The topological polar surface area (TPSA) is 39.8 Å². The van der Waals surface area contributed by atoms with Crippen molar-refractivity contribution in [2.45, 2.75) is 31.3 Å². The van der Waals surface area contributed by atoms with E-state index in [1.807, 2.05) is 12.2 Å². The van der Waals surface area contributed by atoms with Crippen molar-refractivity contribution < 1.29 is 4.74 Å². The maximum atomic E-state index is 5.40. The van der Waals surface area contributed by atoms with Crippen molar-refractivity contribution in [1.82, 2.24) is 20.4 Å². The van der Waals surface area contributed by atoms with Gasteiger partial charge in [-0.25, -0.2) is 0 Å². The highest BCUT2D eigenvalue weighted by molar-refractivity contribution is 5.04. The summed E-state index contributed by atoms with van der Waals surface area (Å²) in [6, 6.07) is 0. The van der Waals surface area contributed by atoms with E-state index in [0.717, 1.165) is 52.5 Å². The summed E-state index contributed by atoms with van der Waals surface area (Å²) in [5.74, 6) is 0. The molecule has 0 aliphatic carbocycles. The average molecular weight is 322 g/mol. The molecule has 0 radical (unpaired) electrons. The van der Waals surface area contributed by atoms with E-state index in [9.17, 15) is 0 Å². The van der Waals surface area contributed by atoms with Crippen molar-refractivity contribution in [3.63, 3.8) is 0 Å². The predicted octanol–water partition coefficient (Wildman–Crippen LogP) is 1.40. The maximum Gasteiger partial charge on any atom is 0.0921 e. The molecular formula is C18H34N4O. The number of nitrogens with zero attached hydrogens (tertiary/aromatic N) is 2. The highest BCUT2D eigenvalue weighted by Crippen LogP contribution is 2.12. The minimum Gasteiger partial charge on any atom is -0.379 e. The molecule has 2 aliphatic heterocycles. The van der Waals surface area contributed by atoms with E-state index >= 15 is 0 Å². The molecule has 2 heterocycles. The van der Waals surface area contributed by atoms with Gasteiger partial charge in [-0.05, 0) is 25.9 Å². The van der Waals surface area contributed by atoms with Gasteiger partial charge in [-0.2, -0.15) is 0 Å². The van der Waals surface area contributed by atoms with E-state index in [-0.39, 0.29) is 5.66 Å². The molecule has 132 valence electrons. The summed E-state index contributed by atoms with van der Waals surface area (Å²) in [7, 11) is 0. The highest BCUT2D eigenvalue weighted by Gasteiger charge is 2.25. The number of nitrogens with one attached hydrogen (secondary N) is 2. The second kappa shape index (κ2) is 10.2. The van der Waals surface area contributed by atoms with Crippen LogP contribution in [-0.4, -0.2) is 74.6 Å². The van der Waals surface area contributed by atoms with Gasteiger partial charge < -0.3 is 4.74 Å². The average Bonchev–Trinajstić information content (AvgIpc) is 2.61. The minimum absolute atomic E-state index is 0.258. The summed E-state index contributed by atoms with van der Waals surface area (Å²) in [5, 5.41) is 7.33. The molecule has 1 atom stereocenters. The first kappa shape index (κ1) is 18.6. The first-order valence-electron chi connectivity index (χ1n) is 9.05. The van der Waals surface area contributed by atoms with Crippen LogP contribution in [0.15, 0.2) is 25.3 Å². The smallest absolute Gasteiger partial charge is 0.0921 e. The first-order chi connectivity index (χ1) is 11.3. The third kappa shape index (κ3) is 6.36. The van der Waals surface area contributed by atoms with Gasteiger partial charge in [-0.3, -0.25) is 20.4 Å². The van der Waals surface area contributed by atoms with E-state index in [1.165, 1.54) is 32.4 Å². The normalized spacial score (nSPS) is 23.3. The Kier molecular flexibility index (Phi) is 8.26. The second-order valence-electron chi connectivity index (χ2n) is 6.56. The lowest BCUT2D eigenvalue weighted by Crippen LogP contribution is -2.59. The summed E-state index contributed by atoms with van der Waals surface area (Å²) in [6.45, 7) is 17.0. The van der Waals surface area contributed by atoms with Crippen LogP contribution >= 0.6 is 0 Å². The van der Waals surface area contributed by atoms with E-state index in [4.69, 9.17) is 4.74 Å². The quantitative estimate of drug-likeness (QED) is 0.470. The number of likely N-dealkylation sites (tertiary alicyclic amines) is 1. The number of piperidine rings is 1. The summed E-state index contributed by atoms with van der Waals surface area (Å²) in [6.07, 6.45) is 8.80. The van der Waals surface area contributed by atoms with E-state index in [2.05, 4.69) is 33.6 Å². The fourth-order valence-electron chi connectivity index (χ4n) is 3.29. The summed E-state index contributed by atoms with van der Waals surface area (Å²) >= 11 is 0. The number of hydrogen-bond acceptors (Lipinski definition) is 5. The monoisotopic (exact) mass is 322 g/mol. The Balaban J connectivity index is 1.78. The van der Waals surface area contributed by atoms with Gasteiger partial charge >= 0.3 is 0 Å². The van der Waals surface area contributed by atoms with Gasteiger partial charge in [0.15, 0.2) is 0 Å². The standard InChI is InChI=1S/C18H34N4O/c1-3-8-18(4-2,20-17-22-10-6-5-7-11-22)19-9-12-21-13-15-23-16-14-21/h3-4,19-20H,1-2,5-17H2. The Labute approximate surface area is 141 Å². The molecule has 23 heavy (non-hydrogen) atoms. The molecule has 1 unspecified atom stereocenters. The molecule has 0 aromatic heterocycles. The molecule has 0 saturated carbocycles. The number of rotatable bonds is 10. The number of ether oxygens (including phenoxy) is 1. The van der Waals surface area contributed by atoms with Crippen molar-refractivity contribution in [3.05, 3.63) is 25.3 Å². The van der Waals surface area contributed by atoms with Crippen LogP contribution in [0.1, 0.15) is 25.7 Å². The molecule has 0 aromatic carbocycles. The van der Waals surface area contributed by atoms with Crippen molar-refractivity contribution in [2.24, 2.45) is 0 Å². The van der Waals surface area contributed by atoms with Crippen LogP contribution in [0.25, 0.3) is 0 Å². The molecule has 5 heteroatoms. The fourth-order valence-corrected chi connectivity index (χ4v) is 3.29. The molecular weight excluding hydrogens is 288 g/mol. The Morgan fingerprint density at radius 3 is 2.35 bits per heavy atom. The molecule has 5 nitrogen and oxygen atoms in total. The fraction of sp³-hybridized carbons (Fsp3) is 0.778. The SMILES string of the molecule is C=CCC(C=C)(NCCN1CCOCC1)NCN1CCCCC1. The van der Waals surface area contributed by atoms with Gasteiger partial charge in [-0.15, -0.1) is 6.58 Å². The third-order valence-corrected chi connectivity index (χ3v) is 4.85. The van der Waals surface area contributed by atoms with E-state index in [1.54, 1.807) is 0 Å². The van der Waals surface area contributed by atoms with Crippen LogP contribution in [0.5, 0.6) is 0 Å². The van der Waals surface area contributed by atoms with Gasteiger partial charge in [0.25, 0.3) is 0 Å². The summed E-state index contributed by atoms with van der Waals surface area (Å²) in [4.78, 5) is 4.94. The Hall–Kier alpha value is -0.720. The van der Waals surface area contributed by atoms with Gasteiger partial charge in [-0.1, -0.05) is 25.2 Å². The van der Waals surface area contributed by atoms with Crippen LogP contribution in [0.2, 0.25) is 0 Å². The van der Waals surface area contributed by atoms with Crippen LogP contribution in [0, 0.1) is 0 Å². The summed E-state index contributed by atoms with van der Waals surface area (Å²) in [5.41, 5.74) is -0.258. The van der Waals surface area contributed by atoms with Crippen LogP contribution in [-0.2, 0) is 4.74 Å². The third-order valence-electron chi connectivity index (χ3n) is 4.85. The van der Waals surface area contributed by atoms with Crippen molar-refractivity contribution >= 4 is 0 Å². The lowest BCUT2D eigenvalue weighted by molar-refractivity contribution is 0.0373. The zero-order chi connectivity index (χ0) is 16.4. The molecule has 0 spiro atoms. The summed E-state index contributed by atoms with van der Waals surface area (Å²) < 4.78 is 5.40. The Morgan fingerprint density at radius 2 is 1.70 bits per heavy atom. The lowest BCUT2D eigenvalue weighted by atomic mass is 10.1. The van der Waals surface area contributed by atoms with Gasteiger partial charge in [0.1, 0.15) is 0 Å². The van der Waals surface area contributed by atoms with Crippen LogP contribution in [0.3, 0.4) is 0 Å². The first-order valence-corrected chi connectivity index (χ1v) is 9.05. The molecule has 2 saturated heterocycles. The number of hydrogen-bond donors (Lipinski definition) is 2. The zero-order valence-electron chi connectivity index (χ0n) is 14.6. The molecule has 0 aromatic rings. The van der Waals surface area contributed by atoms with Crippen molar-refractivity contribution in [3.8, 4) is 0 Å². The molecule has 2 fully saturated rings. The van der Waals surface area contributed by atoms with E-state index < -0.39 is 0 Å². The molecule has 2 N–H and O–H groups in total. The van der Waals surface area contributed by atoms with Crippen molar-refractivity contribution in [1.29, 1.82) is 0 Å². The molecule has 2 aliphatic rings. The second-order valence-corrected chi connectivity index (χ2v) is 6.56. The Morgan fingerprint density at radius 1 is 0.957 bits per heavy atom.